The van der Waals surface area contributed by atoms with Gasteiger partial charge < -0.3 is 19.1 Å². The van der Waals surface area contributed by atoms with E-state index in [2.05, 4.69) is 27.5 Å². The van der Waals surface area contributed by atoms with Crippen LogP contribution in [0.5, 0.6) is 0 Å². The lowest BCUT2D eigenvalue weighted by Gasteiger charge is -2.31. The molecule has 30 heavy (non-hydrogen) atoms. The molecule has 1 aromatic carbocycles. The van der Waals surface area contributed by atoms with Crippen LogP contribution in [0.2, 0.25) is 0 Å². The Morgan fingerprint density at radius 1 is 1.17 bits per heavy atom. The molecule has 0 unspecified atom stereocenters. The molecule has 1 amide bonds. The molecule has 1 aliphatic carbocycles. The van der Waals surface area contributed by atoms with Crippen LogP contribution in [0.25, 0.3) is 22.6 Å². The van der Waals surface area contributed by atoms with Gasteiger partial charge in [-0.05, 0) is 52.3 Å². The molecule has 1 fully saturated rings. The van der Waals surface area contributed by atoms with E-state index in [0.29, 0.717) is 18.3 Å². The summed E-state index contributed by atoms with van der Waals surface area (Å²) in [6, 6.07) is 6.66. The van der Waals surface area contributed by atoms with Crippen molar-refractivity contribution in [3.05, 3.63) is 35.2 Å². The third-order valence-corrected chi connectivity index (χ3v) is 6.15. The molecule has 7 heteroatoms. The summed E-state index contributed by atoms with van der Waals surface area (Å²) in [5, 5.41) is 11.8. The van der Waals surface area contributed by atoms with Gasteiger partial charge in [-0.1, -0.05) is 37.5 Å². The lowest BCUT2D eigenvalue weighted by Crippen LogP contribution is -2.35. The number of aromatic nitrogens is 2. The average molecular weight is 411 g/mol. The normalized spacial score (nSPS) is 15.2. The summed E-state index contributed by atoms with van der Waals surface area (Å²) < 4.78 is 11.6. The predicted molar refractivity (Wildman–Crippen MR) is 115 cm³/mol. The first-order valence-corrected chi connectivity index (χ1v) is 10.9. The van der Waals surface area contributed by atoms with Gasteiger partial charge in [-0.2, -0.15) is 0 Å². The van der Waals surface area contributed by atoms with Crippen LogP contribution in [0, 0.1) is 13.8 Å². The van der Waals surface area contributed by atoms with Gasteiger partial charge in [0.05, 0.1) is 0 Å². The van der Waals surface area contributed by atoms with Gasteiger partial charge in [0.25, 0.3) is 5.89 Å². The maximum absolute atomic E-state index is 12.4. The fourth-order valence-corrected chi connectivity index (χ4v) is 4.31. The van der Waals surface area contributed by atoms with Crippen molar-refractivity contribution in [3.8, 4) is 11.7 Å². The number of para-hydroxylation sites is 1. The fourth-order valence-electron chi connectivity index (χ4n) is 4.31. The molecule has 0 bridgehead atoms. The van der Waals surface area contributed by atoms with Crippen molar-refractivity contribution in [1.29, 1.82) is 0 Å². The second-order valence-corrected chi connectivity index (χ2v) is 8.30. The van der Waals surface area contributed by atoms with Crippen LogP contribution >= 0.6 is 0 Å². The largest absolute Gasteiger partial charge is 0.450 e. The molecule has 4 rings (SSSR count). The van der Waals surface area contributed by atoms with Crippen LogP contribution in [-0.2, 0) is 0 Å². The number of nitrogens with zero attached hydrogens (tertiary/aromatic N) is 3. The molecule has 0 radical (unpaired) electrons. The van der Waals surface area contributed by atoms with Crippen molar-refractivity contribution in [2.24, 2.45) is 0 Å². The Bertz CT molecular complexity index is 1020. The first-order chi connectivity index (χ1) is 14.5. The Hall–Kier alpha value is -2.67. The van der Waals surface area contributed by atoms with Gasteiger partial charge in [0.15, 0.2) is 5.76 Å². The maximum Gasteiger partial charge on any atom is 0.308 e. The Kier molecular flexibility index (Phi) is 6.18. The number of aryl methyl sites for hydroxylation is 2. The predicted octanol–water partition coefficient (Wildman–Crippen LogP) is 4.48. The number of hydrogen-bond acceptors (Lipinski definition) is 6. The van der Waals surface area contributed by atoms with Gasteiger partial charge in [-0.15, -0.1) is 10.2 Å². The number of furan rings is 1. The lowest BCUT2D eigenvalue weighted by atomic mass is 9.94. The van der Waals surface area contributed by atoms with Crippen molar-refractivity contribution in [1.82, 2.24) is 20.4 Å². The van der Waals surface area contributed by atoms with E-state index >= 15 is 0 Å². The Labute approximate surface area is 176 Å². The number of rotatable bonds is 7. The van der Waals surface area contributed by atoms with Crippen molar-refractivity contribution in [3.63, 3.8) is 0 Å². The van der Waals surface area contributed by atoms with Crippen molar-refractivity contribution < 1.29 is 13.6 Å². The number of fused-ring (bicyclic) bond motifs is 1. The molecule has 7 nitrogen and oxygen atoms in total. The molecule has 2 aromatic heterocycles. The number of carbonyl (C=O) groups excluding carboxylic acids is 1. The fraction of sp³-hybridized carbons (Fsp3) is 0.522. The van der Waals surface area contributed by atoms with Crippen LogP contribution in [-0.4, -0.2) is 47.2 Å². The first-order valence-electron chi connectivity index (χ1n) is 10.9. The zero-order valence-electron chi connectivity index (χ0n) is 18.0. The SMILES string of the molecule is Cc1c(-c2nnc(C(=O)NCCCN(C)C3CCCCC3)o2)oc2c(C)cccc12. The van der Waals surface area contributed by atoms with Crippen LogP contribution in [0.4, 0.5) is 0 Å². The van der Waals surface area contributed by atoms with Gasteiger partial charge in [0.1, 0.15) is 5.58 Å². The topological polar surface area (TPSA) is 84.4 Å². The number of benzene rings is 1. The average Bonchev–Trinajstić information content (AvgIpc) is 3.37. The smallest absolute Gasteiger partial charge is 0.308 e. The van der Waals surface area contributed by atoms with Crippen molar-refractivity contribution in [2.75, 3.05) is 20.1 Å². The van der Waals surface area contributed by atoms with Crippen molar-refractivity contribution >= 4 is 16.9 Å². The minimum atomic E-state index is -0.348. The second-order valence-electron chi connectivity index (χ2n) is 8.30. The quantitative estimate of drug-likeness (QED) is 0.578. The Morgan fingerprint density at radius 2 is 1.97 bits per heavy atom. The molecule has 0 aliphatic heterocycles. The summed E-state index contributed by atoms with van der Waals surface area (Å²) in [5.74, 6) is 0.353. The number of carbonyl (C=O) groups is 1. The van der Waals surface area contributed by atoms with Crippen LogP contribution < -0.4 is 5.32 Å². The standard InChI is InChI=1S/C23H30N4O3/c1-15-9-7-12-18-16(2)20(29-19(15)18)22-25-26-23(30-22)21(28)24-13-8-14-27(3)17-10-5-4-6-11-17/h7,9,12,17H,4-6,8,10-11,13-14H2,1-3H3,(H,24,28). The molecular formula is C23H30N4O3. The highest BCUT2D eigenvalue weighted by Gasteiger charge is 2.22. The maximum atomic E-state index is 12.4. The molecule has 3 aromatic rings. The number of nitrogens with one attached hydrogen (secondary N) is 1. The van der Waals surface area contributed by atoms with E-state index in [4.69, 9.17) is 8.83 Å². The third-order valence-electron chi connectivity index (χ3n) is 6.15. The second kappa shape index (κ2) is 9.00. The number of amides is 1. The summed E-state index contributed by atoms with van der Waals surface area (Å²) in [4.78, 5) is 14.8. The molecule has 1 N–H and O–H groups in total. The summed E-state index contributed by atoms with van der Waals surface area (Å²) in [6.07, 6.45) is 7.48. The van der Waals surface area contributed by atoms with E-state index in [1.54, 1.807) is 0 Å². The van der Waals surface area contributed by atoms with Gasteiger partial charge in [-0.25, -0.2) is 0 Å². The first kappa shape index (κ1) is 20.6. The van der Waals surface area contributed by atoms with Crippen LogP contribution in [0.1, 0.15) is 60.3 Å². The molecule has 0 saturated heterocycles. The summed E-state index contributed by atoms with van der Waals surface area (Å²) in [7, 11) is 2.18. The van der Waals surface area contributed by atoms with Crippen molar-refractivity contribution in [2.45, 2.75) is 58.4 Å². The molecule has 1 saturated carbocycles. The van der Waals surface area contributed by atoms with E-state index in [9.17, 15) is 4.79 Å². The van der Waals surface area contributed by atoms with E-state index in [1.165, 1.54) is 32.1 Å². The zero-order valence-corrected chi connectivity index (χ0v) is 18.0. The highest BCUT2D eigenvalue weighted by molar-refractivity contribution is 5.90. The highest BCUT2D eigenvalue weighted by atomic mass is 16.4. The van der Waals surface area contributed by atoms with Crippen LogP contribution in [0.15, 0.2) is 27.0 Å². The number of hydrogen-bond donors (Lipinski definition) is 1. The van der Waals surface area contributed by atoms with E-state index < -0.39 is 0 Å². The minimum absolute atomic E-state index is 0.0396. The van der Waals surface area contributed by atoms with E-state index in [0.717, 1.165) is 35.1 Å². The Balaban J connectivity index is 1.33. The molecule has 0 atom stereocenters. The van der Waals surface area contributed by atoms with Gasteiger partial charge in [-0.3, -0.25) is 4.79 Å². The lowest BCUT2D eigenvalue weighted by molar-refractivity contribution is 0.0916. The summed E-state index contributed by atoms with van der Waals surface area (Å²) in [5.41, 5.74) is 2.77. The highest BCUT2D eigenvalue weighted by Crippen LogP contribution is 2.33. The van der Waals surface area contributed by atoms with E-state index in [1.807, 2.05) is 32.0 Å². The van der Waals surface area contributed by atoms with Crippen LogP contribution in [0.3, 0.4) is 0 Å². The molecule has 0 spiro atoms. The van der Waals surface area contributed by atoms with Gasteiger partial charge in [0.2, 0.25) is 0 Å². The van der Waals surface area contributed by atoms with E-state index in [-0.39, 0.29) is 17.7 Å². The minimum Gasteiger partial charge on any atom is -0.450 e. The summed E-state index contributed by atoms with van der Waals surface area (Å²) >= 11 is 0. The monoisotopic (exact) mass is 410 g/mol. The molecular weight excluding hydrogens is 380 g/mol. The zero-order chi connectivity index (χ0) is 21.1. The molecule has 1 aliphatic rings. The summed E-state index contributed by atoms with van der Waals surface area (Å²) in [6.45, 7) is 5.49. The third kappa shape index (κ3) is 4.26. The van der Waals surface area contributed by atoms with Gasteiger partial charge in [0, 0.05) is 23.5 Å². The molecule has 2 heterocycles. The molecule has 160 valence electrons. The van der Waals surface area contributed by atoms with Gasteiger partial charge >= 0.3 is 11.8 Å². The Morgan fingerprint density at radius 3 is 2.73 bits per heavy atom.